The average molecular weight is 299 g/mol. The molecule has 0 aliphatic rings. The Bertz CT molecular complexity index is 566. The van der Waals surface area contributed by atoms with E-state index in [4.69, 9.17) is 4.55 Å². The number of fused-ring (bicyclic) bond motifs is 1. The molecule has 2 nitrogen and oxygen atoms in total. The number of halogens is 1. The van der Waals surface area contributed by atoms with Gasteiger partial charge in [-0.2, -0.15) is 0 Å². The van der Waals surface area contributed by atoms with E-state index >= 15 is 0 Å². The van der Waals surface area contributed by atoms with E-state index in [9.17, 15) is 4.21 Å². The highest BCUT2D eigenvalue weighted by Gasteiger charge is 2.04. The van der Waals surface area contributed by atoms with Crippen LogP contribution in [0.15, 0.2) is 34.8 Å². The first kappa shape index (κ1) is 11.8. The molecule has 84 valence electrons. The van der Waals surface area contributed by atoms with Crippen LogP contribution in [0.1, 0.15) is 11.1 Å². The van der Waals surface area contributed by atoms with Gasteiger partial charge in [-0.25, -0.2) is 4.21 Å². The summed E-state index contributed by atoms with van der Waals surface area (Å²) in [6, 6.07) is 10.0. The molecular weight excluding hydrogens is 288 g/mol. The molecule has 0 spiro atoms. The second kappa shape index (κ2) is 4.65. The zero-order chi connectivity index (χ0) is 11.7. The van der Waals surface area contributed by atoms with Crippen molar-refractivity contribution in [2.75, 3.05) is 0 Å². The van der Waals surface area contributed by atoms with Gasteiger partial charge in [-0.1, -0.05) is 28.1 Å². The van der Waals surface area contributed by atoms with Crippen molar-refractivity contribution in [2.24, 2.45) is 0 Å². The van der Waals surface area contributed by atoms with Gasteiger partial charge in [0.15, 0.2) is 11.1 Å². The van der Waals surface area contributed by atoms with Crippen molar-refractivity contribution in [1.82, 2.24) is 0 Å². The predicted molar refractivity (Wildman–Crippen MR) is 70.9 cm³/mol. The topological polar surface area (TPSA) is 37.3 Å². The third-order valence-corrected chi connectivity index (χ3v) is 3.59. The third kappa shape index (κ3) is 2.51. The maximum atomic E-state index is 10.8. The summed E-state index contributed by atoms with van der Waals surface area (Å²) in [4.78, 5) is 0. The fraction of sp³-hybridized carbons (Fsp3) is 0.167. The van der Waals surface area contributed by atoms with E-state index in [1.165, 1.54) is 0 Å². The van der Waals surface area contributed by atoms with Crippen LogP contribution in [0, 0.1) is 6.92 Å². The maximum Gasteiger partial charge on any atom is 0.157 e. The Morgan fingerprint density at radius 3 is 2.69 bits per heavy atom. The van der Waals surface area contributed by atoms with Crippen molar-refractivity contribution < 1.29 is 8.76 Å². The van der Waals surface area contributed by atoms with Gasteiger partial charge in [-0.05, 0) is 47.0 Å². The highest BCUT2D eigenvalue weighted by molar-refractivity contribution is 9.10. The monoisotopic (exact) mass is 298 g/mol. The summed E-state index contributed by atoms with van der Waals surface area (Å²) in [5, 5.41) is 2.23. The number of benzene rings is 2. The Morgan fingerprint density at radius 2 is 2.00 bits per heavy atom. The number of hydrogen-bond donors (Lipinski definition) is 1. The van der Waals surface area contributed by atoms with E-state index in [2.05, 4.69) is 15.9 Å². The van der Waals surface area contributed by atoms with E-state index in [1.807, 2.05) is 37.3 Å². The van der Waals surface area contributed by atoms with Crippen LogP contribution in [-0.4, -0.2) is 8.76 Å². The zero-order valence-corrected chi connectivity index (χ0v) is 11.1. The van der Waals surface area contributed by atoms with Crippen molar-refractivity contribution in [3.63, 3.8) is 0 Å². The van der Waals surface area contributed by atoms with E-state index < -0.39 is 11.1 Å². The normalized spacial score (nSPS) is 12.9. The van der Waals surface area contributed by atoms with E-state index in [0.717, 1.165) is 26.4 Å². The SMILES string of the molecule is Cc1cc2cc(Br)ccc2cc1CS(=O)O. The number of hydrogen-bond acceptors (Lipinski definition) is 1. The largest absolute Gasteiger partial charge is 0.306 e. The Morgan fingerprint density at radius 1 is 1.25 bits per heavy atom. The summed E-state index contributed by atoms with van der Waals surface area (Å²) in [5.74, 6) is 0.192. The minimum absolute atomic E-state index is 0.192. The summed E-state index contributed by atoms with van der Waals surface area (Å²) in [5.41, 5.74) is 1.98. The molecule has 1 unspecified atom stereocenters. The predicted octanol–water partition coefficient (Wildman–Crippen LogP) is 3.63. The van der Waals surface area contributed by atoms with Crippen LogP contribution >= 0.6 is 15.9 Å². The second-order valence-corrected chi connectivity index (χ2v) is 5.58. The number of aryl methyl sites for hydroxylation is 1. The van der Waals surface area contributed by atoms with Crippen LogP contribution in [0.25, 0.3) is 10.8 Å². The van der Waals surface area contributed by atoms with Gasteiger partial charge in [-0.3, -0.25) is 0 Å². The molecule has 0 heterocycles. The molecule has 1 atom stereocenters. The van der Waals surface area contributed by atoms with Crippen molar-refractivity contribution in [3.05, 3.63) is 45.9 Å². The molecule has 0 saturated carbocycles. The minimum Gasteiger partial charge on any atom is -0.306 e. The van der Waals surface area contributed by atoms with E-state index in [-0.39, 0.29) is 5.75 Å². The van der Waals surface area contributed by atoms with E-state index in [1.54, 1.807) is 0 Å². The lowest BCUT2D eigenvalue weighted by Crippen LogP contribution is -1.96. The second-order valence-electron chi connectivity index (χ2n) is 3.74. The lowest BCUT2D eigenvalue weighted by molar-refractivity contribution is 0.563. The van der Waals surface area contributed by atoms with Crippen molar-refractivity contribution >= 4 is 37.8 Å². The van der Waals surface area contributed by atoms with Crippen molar-refractivity contribution in [1.29, 1.82) is 0 Å². The molecular formula is C12H11BrO2S. The molecule has 0 aliphatic carbocycles. The Labute approximate surface area is 105 Å². The quantitative estimate of drug-likeness (QED) is 0.860. The Hall–Kier alpha value is -0.710. The maximum absolute atomic E-state index is 10.8. The number of rotatable bonds is 2. The molecule has 1 N–H and O–H groups in total. The molecule has 0 aliphatic heterocycles. The molecule has 0 saturated heterocycles. The van der Waals surface area contributed by atoms with Crippen LogP contribution < -0.4 is 0 Å². The Kier molecular flexibility index (Phi) is 3.42. The summed E-state index contributed by atoms with van der Waals surface area (Å²) in [7, 11) is 0. The minimum atomic E-state index is -1.78. The molecule has 0 amide bonds. The van der Waals surface area contributed by atoms with Crippen LogP contribution in [0.3, 0.4) is 0 Å². The lowest BCUT2D eigenvalue weighted by Gasteiger charge is -2.06. The van der Waals surface area contributed by atoms with Gasteiger partial charge >= 0.3 is 0 Å². The first-order valence-corrected chi connectivity index (χ1v) is 6.89. The van der Waals surface area contributed by atoms with Crippen LogP contribution in [-0.2, 0) is 16.8 Å². The standard InChI is InChI=1S/C12H11BrO2S/c1-8-4-10-6-12(13)3-2-9(10)5-11(8)7-16(14)15/h2-6H,7H2,1H3,(H,14,15). The zero-order valence-electron chi connectivity index (χ0n) is 8.74. The fourth-order valence-electron chi connectivity index (χ4n) is 1.72. The van der Waals surface area contributed by atoms with Crippen LogP contribution in [0.2, 0.25) is 0 Å². The van der Waals surface area contributed by atoms with Gasteiger partial charge in [0.05, 0.1) is 5.75 Å². The highest BCUT2D eigenvalue weighted by Crippen LogP contribution is 2.24. The molecule has 4 heteroatoms. The van der Waals surface area contributed by atoms with Gasteiger partial charge in [0, 0.05) is 4.47 Å². The molecule has 2 aromatic rings. The van der Waals surface area contributed by atoms with Gasteiger partial charge in [-0.15, -0.1) is 0 Å². The molecule has 0 radical (unpaired) electrons. The average Bonchev–Trinajstić information content (AvgIpc) is 2.19. The van der Waals surface area contributed by atoms with Gasteiger partial charge < -0.3 is 4.55 Å². The summed E-state index contributed by atoms with van der Waals surface area (Å²) < 4.78 is 20.8. The van der Waals surface area contributed by atoms with Gasteiger partial charge in [0.1, 0.15) is 0 Å². The first-order valence-electron chi connectivity index (χ1n) is 4.82. The summed E-state index contributed by atoms with van der Waals surface area (Å²) in [6.07, 6.45) is 0. The molecule has 0 bridgehead atoms. The van der Waals surface area contributed by atoms with Gasteiger partial charge in [0.25, 0.3) is 0 Å². The van der Waals surface area contributed by atoms with Gasteiger partial charge in [0.2, 0.25) is 0 Å². The highest BCUT2D eigenvalue weighted by atomic mass is 79.9. The fourth-order valence-corrected chi connectivity index (χ4v) is 2.67. The summed E-state index contributed by atoms with van der Waals surface area (Å²) in [6.45, 7) is 1.96. The van der Waals surface area contributed by atoms with Crippen molar-refractivity contribution in [3.8, 4) is 0 Å². The molecule has 2 aromatic carbocycles. The molecule has 0 fully saturated rings. The summed E-state index contributed by atoms with van der Waals surface area (Å²) >= 11 is 1.64. The first-order chi connectivity index (χ1) is 7.56. The van der Waals surface area contributed by atoms with Crippen LogP contribution in [0.4, 0.5) is 0 Å². The third-order valence-electron chi connectivity index (χ3n) is 2.54. The van der Waals surface area contributed by atoms with E-state index in [0.29, 0.717) is 0 Å². The lowest BCUT2D eigenvalue weighted by atomic mass is 10.0. The molecule has 0 aromatic heterocycles. The van der Waals surface area contributed by atoms with Crippen molar-refractivity contribution in [2.45, 2.75) is 12.7 Å². The van der Waals surface area contributed by atoms with Crippen LogP contribution in [0.5, 0.6) is 0 Å². The molecule has 16 heavy (non-hydrogen) atoms. The Balaban J connectivity index is 2.58. The smallest absolute Gasteiger partial charge is 0.157 e. The molecule has 2 rings (SSSR count).